The lowest BCUT2D eigenvalue weighted by Crippen LogP contribution is -2.33. The molecule has 3 nitrogen and oxygen atoms in total. The van der Waals surface area contributed by atoms with Crippen molar-refractivity contribution in [3.05, 3.63) is 0 Å². The van der Waals surface area contributed by atoms with Crippen molar-refractivity contribution in [1.29, 1.82) is 0 Å². The van der Waals surface area contributed by atoms with E-state index in [1.165, 1.54) is 0 Å². The Labute approximate surface area is 66.8 Å². The van der Waals surface area contributed by atoms with Gasteiger partial charge in [0.05, 0.1) is 0 Å². The first kappa shape index (κ1) is 7.10. The molecule has 1 amide bonds. The minimum Gasteiger partial charge on any atom is -0.339 e. The zero-order valence-electron chi connectivity index (χ0n) is 6.84. The quantitative estimate of drug-likeness (QED) is 0.567. The van der Waals surface area contributed by atoms with Crippen molar-refractivity contribution >= 4 is 5.91 Å². The van der Waals surface area contributed by atoms with Gasteiger partial charge in [0.1, 0.15) is 0 Å². The second kappa shape index (κ2) is 2.48. The molecule has 0 saturated carbocycles. The van der Waals surface area contributed by atoms with Crippen molar-refractivity contribution in [2.24, 2.45) is 0 Å². The first-order valence-corrected chi connectivity index (χ1v) is 4.35. The van der Waals surface area contributed by atoms with Crippen LogP contribution in [0.3, 0.4) is 0 Å². The molecule has 2 fully saturated rings. The number of carbonyl (C=O) groups is 1. The number of piperazine rings is 1. The fourth-order valence-electron chi connectivity index (χ4n) is 1.70. The molecule has 2 atom stereocenters. The van der Waals surface area contributed by atoms with Crippen LogP contribution in [0.1, 0.15) is 19.8 Å². The zero-order chi connectivity index (χ0) is 7.84. The highest BCUT2D eigenvalue weighted by atomic mass is 16.2. The van der Waals surface area contributed by atoms with E-state index in [-0.39, 0.29) is 0 Å². The summed E-state index contributed by atoms with van der Waals surface area (Å²) in [7, 11) is 0. The molecule has 2 aliphatic heterocycles. The molecule has 11 heavy (non-hydrogen) atoms. The molecule has 0 bridgehead atoms. The number of rotatable bonds is 2. The van der Waals surface area contributed by atoms with Crippen molar-refractivity contribution in [1.82, 2.24) is 10.2 Å². The minimum absolute atomic E-state index is 0.335. The molecular weight excluding hydrogens is 140 g/mol. The summed E-state index contributed by atoms with van der Waals surface area (Å²) in [5.74, 6) is 0.335. The Morgan fingerprint density at radius 2 is 2.18 bits per heavy atom. The summed E-state index contributed by atoms with van der Waals surface area (Å²) in [4.78, 5) is 13.3. The molecule has 62 valence electrons. The molecule has 2 rings (SSSR count). The van der Waals surface area contributed by atoms with Crippen LogP contribution in [0.15, 0.2) is 0 Å². The van der Waals surface area contributed by atoms with Gasteiger partial charge in [-0.15, -0.1) is 0 Å². The van der Waals surface area contributed by atoms with Crippen molar-refractivity contribution < 1.29 is 4.79 Å². The average molecular weight is 154 g/mol. The Hall–Kier alpha value is -0.570. The Morgan fingerprint density at radius 1 is 1.55 bits per heavy atom. The van der Waals surface area contributed by atoms with Gasteiger partial charge in [0, 0.05) is 31.6 Å². The van der Waals surface area contributed by atoms with Crippen LogP contribution in [0.5, 0.6) is 0 Å². The predicted octanol–water partition coefficient (Wildman–Crippen LogP) is -0.0309. The van der Waals surface area contributed by atoms with Crippen LogP contribution in [0.25, 0.3) is 0 Å². The molecule has 0 aliphatic carbocycles. The van der Waals surface area contributed by atoms with E-state index in [1.807, 2.05) is 11.8 Å². The van der Waals surface area contributed by atoms with Crippen LogP contribution in [0.4, 0.5) is 0 Å². The standard InChI is InChI=1S/C8H14N2O/c1-2-3-8(11)10-4-6-7(5-10)9-6/h6-7,9H,2-5H2,1H3. The molecule has 2 unspecified atom stereocenters. The molecule has 0 aromatic rings. The summed E-state index contributed by atoms with van der Waals surface area (Å²) in [6, 6.07) is 1.27. The van der Waals surface area contributed by atoms with Crippen LogP contribution < -0.4 is 5.32 Å². The second-order valence-corrected chi connectivity index (χ2v) is 3.43. The fraction of sp³-hybridized carbons (Fsp3) is 0.875. The highest BCUT2D eigenvalue weighted by molar-refractivity contribution is 5.76. The van der Waals surface area contributed by atoms with Gasteiger partial charge in [0.25, 0.3) is 0 Å². The van der Waals surface area contributed by atoms with Gasteiger partial charge in [-0.1, -0.05) is 6.92 Å². The molecule has 2 saturated heterocycles. The van der Waals surface area contributed by atoms with E-state index in [0.717, 1.165) is 25.9 Å². The Kier molecular flexibility index (Phi) is 1.60. The van der Waals surface area contributed by atoms with Gasteiger partial charge in [0.2, 0.25) is 5.91 Å². The number of hydrogen-bond acceptors (Lipinski definition) is 2. The third-order valence-corrected chi connectivity index (χ3v) is 2.46. The fourth-order valence-corrected chi connectivity index (χ4v) is 1.70. The molecule has 0 aromatic carbocycles. The molecular formula is C8H14N2O. The van der Waals surface area contributed by atoms with Gasteiger partial charge in [-0.25, -0.2) is 0 Å². The number of nitrogens with zero attached hydrogens (tertiary/aromatic N) is 1. The topological polar surface area (TPSA) is 42.2 Å². The normalized spacial score (nSPS) is 33.7. The maximum absolute atomic E-state index is 11.3. The van der Waals surface area contributed by atoms with Crippen LogP contribution in [0.2, 0.25) is 0 Å². The van der Waals surface area contributed by atoms with Gasteiger partial charge in [-0.05, 0) is 6.42 Å². The monoisotopic (exact) mass is 154 g/mol. The SMILES string of the molecule is CCCC(=O)N1CC2NC2C1. The molecule has 0 radical (unpaired) electrons. The van der Waals surface area contributed by atoms with Crippen LogP contribution in [-0.4, -0.2) is 36.0 Å². The van der Waals surface area contributed by atoms with E-state index < -0.39 is 0 Å². The number of hydrogen-bond donors (Lipinski definition) is 1. The summed E-state index contributed by atoms with van der Waals surface area (Å²) in [6.07, 6.45) is 1.69. The van der Waals surface area contributed by atoms with E-state index in [4.69, 9.17) is 0 Å². The van der Waals surface area contributed by atoms with Crippen LogP contribution >= 0.6 is 0 Å². The van der Waals surface area contributed by atoms with Crippen molar-refractivity contribution in [2.75, 3.05) is 13.1 Å². The predicted molar refractivity (Wildman–Crippen MR) is 42.2 cm³/mol. The molecule has 2 heterocycles. The minimum atomic E-state index is 0.335. The third-order valence-electron chi connectivity index (χ3n) is 2.46. The summed E-state index contributed by atoms with van der Waals surface area (Å²) in [6.45, 7) is 3.94. The first-order chi connectivity index (χ1) is 5.31. The highest BCUT2D eigenvalue weighted by Gasteiger charge is 2.45. The van der Waals surface area contributed by atoms with Crippen LogP contribution in [0, 0.1) is 0 Å². The van der Waals surface area contributed by atoms with E-state index in [0.29, 0.717) is 18.0 Å². The lowest BCUT2D eigenvalue weighted by Gasteiger charge is -2.16. The van der Waals surface area contributed by atoms with E-state index in [1.54, 1.807) is 0 Å². The molecule has 2 aliphatic rings. The lowest BCUT2D eigenvalue weighted by atomic mass is 10.3. The first-order valence-electron chi connectivity index (χ1n) is 4.35. The van der Waals surface area contributed by atoms with Gasteiger partial charge in [0.15, 0.2) is 0 Å². The summed E-state index contributed by atoms with van der Waals surface area (Å²) < 4.78 is 0. The number of likely N-dealkylation sites (tertiary alicyclic amines) is 1. The van der Waals surface area contributed by atoms with Gasteiger partial charge >= 0.3 is 0 Å². The van der Waals surface area contributed by atoms with Gasteiger partial charge in [-0.2, -0.15) is 0 Å². The molecule has 0 spiro atoms. The van der Waals surface area contributed by atoms with Crippen molar-refractivity contribution in [3.63, 3.8) is 0 Å². The number of fused-ring (bicyclic) bond motifs is 1. The second-order valence-electron chi connectivity index (χ2n) is 3.43. The zero-order valence-corrected chi connectivity index (χ0v) is 6.84. The molecule has 1 N–H and O–H groups in total. The highest BCUT2D eigenvalue weighted by Crippen LogP contribution is 2.22. The van der Waals surface area contributed by atoms with Crippen LogP contribution in [-0.2, 0) is 4.79 Å². The molecule has 0 aromatic heterocycles. The van der Waals surface area contributed by atoms with E-state index >= 15 is 0 Å². The lowest BCUT2D eigenvalue weighted by molar-refractivity contribution is -0.130. The summed E-state index contributed by atoms with van der Waals surface area (Å²) in [5, 5.41) is 3.30. The van der Waals surface area contributed by atoms with Gasteiger partial charge in [-0.3, -0.25) is 4.79 Å². The van der Waals surface area contributed by atoms with E-state index in [2.05, 4.69) is 5.32 Å². The van der Waals surface area contributed by atoms with Crippen molar-refractivity contribution in [3.8, 4) is 0 Å². The molecule has 3 heteroatoms. The van der Waals surface area contributed by atoms with E-state index in [9.17, 15) is 4.79 Å². The maximum atomic E-state index is 11.3. The van der Waals surface area contributed by atoms with Crippen molar-refractivity contribution in [2.45, 2.75) is 31.8 Å². The number of amides is 1. The number of carbonyl (C=O) groups excluding carboxylic acids is 1. The Bertz CT molecular complexity index is 171. The average Bonchev–Trinajstić information content (AvgIpc) is 2.59. The maximum Gasteiger partial charge on any atom is 0.222 e. The summed E-state index contributed by atoms with van der Waals surface area (Å²) in [5.41, 5.74) is 0. The largest absolute Gasteiger partial charge is 0.339 e. The Balaban J connectivity index is 1.82. The smallest absolute Gasteiger partial charge is 0.222 e. The summed E-state index contributed by atoms with van der Waals surface area (Å²) >= 11 is 0. The van der Waals surface area contributed by atoms with Gasteiger partial charge < -0.3 is 10.2 Å². The Morgan fingerprint density at radius 3 is 2.73 bits per heavy atom. The number of nitrogens with one attached hydrogen (secondary N) is 1. The third kappa shape index (κ3) is 1.25.